The minimum absolute atomic E-state index is 0.149. The minimum atomic E-state index is -0.810. The number of unbranched alkanes of at least 4 members (excludes halogenated alkanes) is 1. The number of carbonyl (C=O) groups excluding carboxylic acids is 1. The van der Waals surface area contributed by atoms with Crippen molar-refractivity contribution in [3.63, 3.8) is 0 Å². The van der Waals surface area contributed by atoms with Crippen molar-refractivity contribution in [2.24, 2.45) is 16.8 Å². The zero-order valence-electron chi connectivity index (χ0n) is 12.4. The molecule has 112 valence electrons. The Balaban J connectivity index is 1.54. The number of hydrogen-bond donors (Lipinski definition) is 1. The van der Waals surface area contributed by atoms with Crippen LogP contribution >= 0.6 is 11.8 Å². The summed E-state index contributed by atoms with van der Waals surface area (Å²) in [6.45, 7) is 4.59. The molecule has 4 unspecified atom stereocenters. The normalized spacial score (nSPS) is 39.4. The van der Waals surface area contributed by atoms with E-state index in [9.17, 15) is 4.79 Å². The molecule has 20 heavy (non-hydrogen) atoms. The third-order valence-electron chi connectivity index (χ3n) is 4.81. The molecule has 0 saturated heterocycles. The van der Waals surface area contributed by atoms with Crippen LogP contribution in [0.15, 0.2) is 4.99 Å². The number of amidine groups is 1. The highest BCUT2D eigenvalue weighted by Gasteiger charge is 2.45. The SMILES string of the molecule is CCCCOC1(C)SC(NC2CC3CCC2C3)=NC1=O. The maximum absolute atomic E-state index is 12.1. The number of aliphatic imine (C=N–C) groups is 1. The van der Waals surface area contributed by atoms with Crippen molar-refractivity contribution in [3.8, 4) is 0 Å². The van der Waals surface area contributed by atoms with Gasteiger partial charge in [0.2, 0.25) is 0 Å². The molecule has 1 amide bonds. The largest absolute Gasteiger partial charge is 0.361 e. The second-order valence-corrected chi connectivity index (χ2v) is 7.77. The Morgan fingerprint density at radius 3 is 2.95 bits per heavy atom. The first-order chi connectivity index (χ1) is 9.60. The average Bonchev–Trinajstić information content (AvgIpc) is 3.06. The summed E-state index contributed by atoms with van der Waals surface area (Å²) in [5.41, 5.74) is 0. The van der Waals surface area contributed by atoms with Crippen molar-refractivity contribution < 1.29 is 9.53 Å². The monoisotopic (exact) mass is 296 g/mol. The van der Waals surface area contributed by atoms with Crippen LogP contribution in [-0.4, -0.2) is 28.7 Å². The van der Waals surface area contributed by atoms with E-state index in [0.717, 1.165) is 29.8 Å². The molecule has 2 bridgehead atoms. The lowest BCUT2D eigenvalue weighted by Crippen LogP contribution is -2.37. The van der Waals surface area contributed by atoms with E-state index < -0.39 is 4.93 Å². The lowest BCUT2D eigenvalue weighted by Gasteiger charge is -2.25. The molecule has 4 nitrogen and oxygen atoms in total. The maximum atomic E-state index is 12.1. The Morgan fingerprint density at radius 2 is 2.30 bits per heavy atom. The van der Waals surface area contributed by atoms with E-state index in [4.69, 9.17) is 4.74 Å². The Morgan fingerprint density at radius 1 is 1.45 bits per heavy atom. The number of nitrogens with zero attached hydrogens (tertiary/aromatic N) is 1. The molecule has 3 rings (SSSR count). The van der Waals surface area contributed by atoms with Crippen LogP contribution in [0.5, 0.6) is 0 Å². The molecule has 0 spiro atoms. The van der Waals surface area contributed by atoms with Gasteiger partial charge in [-0.15, -0.1) is 0 Å². The first-order valence-electron chi connectivity index (χ1n) is 7.83. The smallest absolute Gasteiger partial charge is 0.290 e. The summed E-state index contributed by atoms with van der Waals surface area (Å²) < 4.78 is 5.76. The third kappa shape index (κ3) is 2.75. The van der Waals surface area contributed by atoms with Gasteiger partial charge in [0.15, 0.2) is 10.1 Å². The topological polar surface area (TPSA) is 50.7 Å². The molecule has 1 heterocycles. The number of carbonyl (C=O) groups is 1. The maximum Gasteiger partial charge on any atom is 0.290 e. The summed E-state index contributed by atoms with van der Waals surface area (Å²) in [4.78, 5) is 15.4. The summed E-state index contributed by atoms with van der Waals surface area (Å²) >= 11 is 1.45. The van der Waals surface area contributed by atoms with Crippen LogP contribution in [0.3, 0.4) is 0 Å². The number of amides is 1. The first kappa shape index (κ1) is 14.4. The van der Waals surface area contributed by atoms with E-state index in [2.05, 4.69) is 17.2 Å². The molecule has 0 aromatic carbocycles. The Kier molecular flexibility index (Phi) is 4.09. The molecule has 5 heteroatoms. The summed E-state index contributed by atoms with van der Waals surface area (Å²) in [7, 11) is 0. The zero-order valence-corrected chi connectivity index (χ0v) is 13.2. The number of thioether (sulfide) groups is 1. The summed E-state index contributed by atoms with van der Waals surface area (Å²) in [5, 5.41) is 4.27. The zero-order chi connectivity index (χ0) is 14.2. The van der Waals surface area contributed by atoms with E-state index in [1.165, 1.54) is 37.4 Å². The predicted octanol–water partition coefficient (Wildman–Crippen LogP) is 2.93. The number of hydrogen-bond acceptors (Lipinski definition) is 4. The highest BCUT2D eigenvalue weighted by molar-refractivity contribution is 8.16. The number of fused-ring (bicyclic) bond motifs is 2. The highest BCUT2D eigenvalue weighted by atomic mass is 32.2. The first-order valence-corrected chi connectivity index (χ1v) is 8.65. The lowest BCUT2D eigenvalue weighted by atomic mass is 9.96. The van der Waals surface area contributed by atoms with Crippen LogP contribution in [0, 0.1) is 11.8 Å². The van der Waals surface area contributed by atoms with Crippen LogP contribution in [0.4, 0.5) is 0 Å². The van der Waals surface area contributed by atoms with Gasteiger partial charge in [0.1, 0.15) is 0 Å². The molecule has 1 N–H and O–H groups in total. The van der Waals surface area contributed by atoms with Gasteiger partial charge in [-0.3, -0.25) is 4.79 Å². The molecule has 2 fully saturated rings. The van der Waals surface area contributed by atoms with Gasteiger partial charge >= 0.3 is 0 Å². The Labute approximate surface area is 125 Å². The van der Waals surface area contributed by atoms with Crippen molar-refractivity contribution in [1.29, 1.82) is 0 Å². The fraction of sp³-hybridized carbons (Fsp3) is 0.867. The molecule has 0 aromatic rings. The van der Waals surface area contributed by atoms with Crippen molar-refractivity contribution in [3.05, 3.63) is 0 Å². The standard InChI is InChI=1S/C15H24N2O2S/c1-3-4-7-19-15(2)13(18)17-14(20-15)16-12-9-10-5-6-11(12)8-10/h10-12H,3-9H2,1-2H3,(H,16,17,18). The van der Waals surface area contributed by atoms with E-state index >= 15 is 0 Å². The van der Waals surface area contributed by atoms with E-state index in [-0.39, 0.29) is 5.91 Å². The quantitative estimate of drug-likeness (QED) is 0.793. The number of nitrogens with one attached hydrogen (secondary N) is 1. The van der Waals surface area contributed by atoms with Crippen LogP contribution in [-0.2, 0) is 9.53 Å². The van der Waals surface area contributed by atoms with Gasteiger partial charge in [-0.05, 0) is 56.2 Å². The molecule has 2 aliphatic carbocycles. The van der Waals surface area contributed by atoms with E-state index in [1.807, 2.05) is 6.92 Å². The molecule has 3 aliphatic rings. The van der Waals surface area contributed by atoms with E-state index in [1.54, 1.807) is 0 Å². The molecule has 1 aliphatic heterocycles. The highest BCUT2D eigenvalue weighted by Crippen LogP contribution is 2.45. The Bertz CT molecular complexity index is 426. The Hall–Kier alpha value is -0.550. The van der Waals surface area contributed by atoms with Gasteiger partial charge in [0.05, 0.1) is 0 Å². The van der Waals surface area contributed by atoms with Crippen LogP contribution in [0.1, 0.15) is 52.4 Å². The summed E-state index contributed by atoms with van der Waals surface area (Å²) in [5.74, 6) is 1.53. The lowest BCUT2D eigenvalue weighted by molar-refractivity contribution is -0.130. The molecular weight excluding hydrogens is 272 g/mol. The van der Waals surface area contributed by atoms with Gasteiger partial charge < -0.3 is 10.1 Å². The number of ether oxygens (including phenoxy) is 1. The van der Waals surface area contributed by atoms with Gasteiger partial charge in [-0.25, -0.2) is 0 Å². The summed E-state index contributed by atoms with van der Waals surface area (Å²) in [6.07, 6.45) is 7.38. The average molecular weight is 296 g/mol. The molecular formula is C15H24N2O2S. The van der Waals surface area contributed by atoms with Crippen LogP contribution in [0.25, 0.3) is 0 Å². The third-order valence-corrected chi connectivity index (χ3v) is 5.89. The van der Waals surface area contributed by atoms with Crippen LogP contribution < -0.4 is 5.32 Å². The van der Waals surface area contributed by atoms with E-state index in [0.29, 0.717) is 12.6 Å². The van der Waals surface area contributed by atoms with Gasteiger partial charge in [0.25, 0.3) is 5.91 Å². The number of rotatable bonds is 5. The van der Waals surface area contributed by atoms with Crippen molar-refractivity contribution in [2.75, 3.05) is 6.61 Å². The fourth-order valence-corrected chi connectivity index (χ4v) is 4.57. The predicted molar refractivity (Wildman–Crippen MR) is 81.7 cm³/mol. The molecule has 2 saturated carbocycles. The second kappa shape index (κ2) is 5.68. The summed E-state index contributed by atoms with van der Waals surface area (Å²) in [6, 6.07) is 0.519. The molecule has 4 atom stereocenters. The second-order valence-electron chi connectivity index (χ2n) is 6.40. The van der Waals surface area contributed by atoms with Gasteiger partial charge in [-0.2, -0.15) is 4.99 Å². The van der Waals surface area contributed by atoms with Crippen LogP contribution in [0.2, 0.25) is 0 Å². The van der Waals surface area contributed by atoms with Crippen molar-refractivity contribution >= 4 is 22.8 Å². The fourth-order valence-electron chi connectivity index (χ4n) is 3.59. The van der Waals surface area contributed by atoms with Crippen molar-refractivity contribution in [1.82, 2.24) is 5.32 Å². The van der Waals surface area contributed by atoms with Crippen molar-refractivity contribution in [2.45, 2.75) is 63.3 Å². The minimum Gasteiger partial charge on any atom is -0.361 e. The van der Waals surface area contributed by atoms with Gasteiger partial charge in [0, 0.05) is 12.6 Å². The molecule has 0 aromatic heterocycles. The molecule has 0 radical (unpaired) electrons. The van der Waals surface area contributed by atoms with Gasteiger partial charge in [-0.1, -0.05) is 19.8 Å².